The monoisotopic (exact) mass is 294 g/mol. The summed E-state index contributed by atoms with van der Waals surface area (Å²) in [5.74, 6) is 4.13. The lowest BCUT2D eigenvalue weighted by atomic mass is 9.98. The van der Waals surface area contributed by atoms with Crippen LogP contribution in [0.3, 0.4) is 0 Å². The molecule has 0 amide bonds. The number of nitrogens with zero attached hydrogens (tertiary/aromatic N) is 1. The second kappa shape index (κ2) is 6.24. The fourth-order valence-electron chi connectivity index (χ4n) is 2.89. The highest BCUT2D eigenvalue weighted by atomic mass is 32.2. The predicted molar refractivity (Wildman–Crippen MR) is 83.0 cm³/mol. The second-order valence-corrected chi connectivity index (χ2v) is 6.44. The van der Waals surface area contributed by atoms with Crippen LogP contribution in [0.5, 0.6) is 11.5 Å². The summed E-state index contributed by atoms with van der Waals surface area (Å²) in [5, 5.41) is 3.47. The molecule has 20 heavy (non-hydrogen) atoms. The van der Waals surface area contributed by atoms with Crippen LogP contribution in [-0.2, 0) is 0 Å². The van der Waals surface area contributed by atoms with Gasteiger partial charge in [0, 0.05) is 30.1 Å². The molecule has 1 aromatic rings. The van der Waals surface area contributed by atoms with Crippen molar-refractivity contribution in [2.45, 2.75) is 12.1 Å². The summed E-state index contributed by atoms with van der Waals surface area (Å²) >= 11 is 2.04. The molecule has 0 aliphatic carbocycles. The maximum Gasteiger partial charge on any atom is 0.161 e. The predicted octanol–water partition coefficient (Wildman–Crippen LogP) is 1.77. The van der Waals surface area contributed by atoms with Gasteiger partial charge >= 0.3 is 0 Å². The first-order chi connectivity index (χ1) is 9.79. The fraction of sp³-hybridized carbons (Fsp3) is 0.600. The Balaban J connectivity index is 1.85. The molecular formula is C15H22N2O2S. The SMILES string of the molecule is CNC(c1ccc2c(c1)OCCO2)C1CSCCN1C. The topological polar surface area (TPSA) is 33.7 Å². The van der Waals surface area contributed by atoms with Gasteiger partial charge in [-0.05, 0) is 31.8 Å². The lowest BCUT2D eigenvalue weighted by Crippen LogP contribution is -2.47. The quantitative estimate of drug-likeness (QED) is 0.919. The largest absolute Gasteiger partial charge is 0.486 e. The summed E-state index contributed by atoms with van der Waals surface area (Å²) in [4.78, 5) is 2.45. The molecule has 110 valence electrons. The van der Waals surface area contributed by atoms with Gasteiger partial charge in [-0.2, -0.15) is 11.8 Å². The van der Waals surface area contributed by atoms with Gasteiger partial charge in [-0.15, -0.1) is 0 Å². The van der Waals surface area contributed by atoms with E-state index >= 15 is 0 Å². The molecule has 1 fully saturated rings. The van der Waals surface area contributed by atoms with Crippen molar-refractivity contribution in [3.8, 4) is 11.5 Å². The number of hydrogen-bond acceptors (Lipinski definition) is 5. The third-order valence-electron chi connectivity index (χ3n) is 4.06. The minimum absolute atomic E-state index is 0.323. The Kier molecular flexibility index (Phi) is 4.38. The van der Waals surface area contributed by atoms with Gasteiger partial charge in [-0.25, -0.2) is 0 Å². The van der Waals surface area contributed by atoms with Crippen LogP contribution < -0.4 is 14.8 Å². The summed E-state index contributed by atoms with van der Waals surface area (Å²) in [6.07, 6.45) is 0. The Morgan fingerprint density at radius 1 is 1.30 bits per heavy atom. The Labute approximate surface area is 124 Å². The van der Waals surface area contributed by atoms with Gasteiger partial charge in [0.15, 0.2) is 11.5 Å². The molecule has 1 N–H and O–H groups in total. The van der Waals surface area contributed by atoms with Crippen LogP contribution in [0.1, 0.15) is 11.6 Å². The number of ether oxygens (including phenoxy) is 2. The van der Waals surface area contributed by atoms with Gasteiger partial charge in [0.2, 0.25) is 0 Å². The van der Waals surface area contributed by atoms with E-state index in [2.05, 4.69) is 29.4 Å². The molecule has 0 saturated carbocycles. The van der Waals surface area contributed by atoms with E-state index in [0.29, 0.717) is 25.3 Å². The first-order valence-electron chi connectivity index (χ1n) is 7.14. The molecule has 1 saturated heterocycles. The van der Waals surface area contributed by atoms with Gasteiger partial charge in [0.25, 0.3) is 0 Å². The molecule has 0 aromatic heterocycles. The van der Waals surface area contributed by atoms with Crippen molar-refractivity contribution in [2.75, 3.05) is 45.4 Å². The van der Waals surface area contributed by atoms with Crippen molar-refractivity contribution in [2.24, 2.45) is 0 Å². The van der Waals surface area contributed by atoms with Crippen molar-refractivity contribution in [3.05, 3.63) is 23.8 Å². The number of likely N-dealkylation sites (N-methyl/N-ethyl adjacent to an activating group) is 2. The number of fused-ring (bicyclic) bond motifs is 1. The van der Waals surface area contributed by atoms with Crippen molar-refractivity contribution in [1.29, 1.82) is 0 Å². The molecule has 2 heterocycles. The first-order valence-corrected chi connectivity index (χ1v) is 8.30. The number of benzene rings is 1. The summed E-state index contributed by atoms with van der Waals surface area (Å²) in [6.45, 7) is 2.43. The minimum atomic E-state index is 0.323. The summed E-state index contributed by atoms with van der Waals surface area (Å²) in [6, 6.07) is 7.15. The third-order valence-corrected chi connectivity index (χ3v) is 5.11. The van der Waals surface area contributed by atoms with Gasteiger partial charge in [-0.1, -0.05) is 6.07 Å². The highest BCUT2D eigenvalue weighted by molar-refractivity contribution is 7.99. The molecule has 2 unspecified atom stereocenters. The average molecular weight is 294 g/mol. The van der Waals surface area contributed by atoms with Crippen LogP contribution in [0.25, 0.3) is 0 Å². The molecule has 5 heteroatoms. The second-order valence-electron chi connectivity index (χ2n) is 5.29. The number of thioether (sulfide) groups is 1. The van der Waals surface area contributed by atoms with E-state index in [1.807, 2.05) is 24.9 Å². The normalized spacial score (nSPS) is 24.4. The number of rotatable bonds is 3. The van der Waals surface area contributed by atoms with Crippen LogP contribution in [0.2, 0.25) is 0 Å². The van der Waals surface area contributed by atoms with Crippen LogP contribution in [0.4, 0.5) is 0 Å². The molecule has 3 rings (SSSR count). The molecule has 0 bridgehead atoms. The van der Waals surface area contributed by atoms with Gasteiger partial charge in [-0.3, -0.25) is 4.90 Å². The van der Waals surface area contributed by atoms with E-state index in [1.165, 1.54) is 11.3 Å². The zero-order valence-electron chi connectivity index (χ0n) is 12.1. The number of nitrogens with one attached hydrogen (secondary N) is 1. The van der Waals surface area contributed by atoms with E-state index in [0.717, 1.165) is 23.8 Å². The maximum absolute atomic E-state index is 5.70. The van der Waals surface area contributed by atoms with Gasteiger partial charge < -0.3 is 14.8 Å². The van der Waals surface area contributed by atoms with Gasteiger partial charge in [0.05, 0.1) is 0 Å². The summed E-state index contributed by atoms with van der Waals surface area (Å²) in [5.41, 5.74) is 1.27. The van der Waals surface area contributed by atoms with Crippen LogP contribution >= 0.6 is 11.8 Å². The molecule has 2 atom stereocenters. The van der Waals surface area contributed by atoms with Crippen LogP contribution in [0.15, 0.2) is 18.2 Å². The van der Waals surface area contributed by atoms with Crippen LogP contribution in [-0.4, -0.2) is 56.3 Å². The Morgan fingerprint density at radius 2 is 2.10 bits per heavy atom. The van der Waals surface area contributed by atoms with E-state index < -0.39 is 0 Å². The summed E-state index contributed by atoms with van der Waals surface area (Å²) < 4.78 is 11.3. The molecule has 1 aromatic carbocycles. The van der Waals surface area contributed by atoms with E-state index in [1.54, 1.807) is 0 Å². The zero-order chi connectivity index (χ0) is 13.9. The lowest BCUT2D eigenvalue weighted by Gasteiger charge is -2.38. The van der Waals surface area contributed by atoms with Crippen molar-refractivity contribution in [1.82, 2.24) is 10.2 Å². The first kappa shape index (κ1) is 14.0. The van der Waals surface area contributed by atoms with Crippen molar-refractivity contribution in [3.63, 3.8) is 0 Å². The van der Waals surface area contributed by atoms with E-state index in [-0.39, 0.29) is 0 Å². The Morgan fingerprint density at radius 3 is 2.85 bits per heavy atom. The Hall–Kier alpha value is -0.910. The standard InChI is InChI=1S/C15H22N2O2S/c1-16-15(12-10-20-8-5-17(12)2)11-3-4-13-14(9-11)19-7-6-18-13/h3-4,9,12,15-16H,5-8,10H2,1-2H3. The molecule has 0 radical (unpaired) electrons. The molecular weight excluding hydrogens is 272 g/mol. The molecule has 2 aliphatic rings. The highest BCUT2D eigenvalue weighted by Gasteiger charge is 2.29. The third kappa shape index (κ3) is 2.75. The summed E-state index contributed by atoms with van der Waals surface area (Å²) in [7, 11) is 4.25. The van der Waals surface area contributed by atoms with Gasteiger partial charge in [0.1, 0.15) is 13.2 Å². The average Bonchev–Trinajstić information content (AvgIpc) is 2.50. The molecule has 4 nitrogen and oxygen atoms in total. The number of hydrogen-bond donors (Lipinski definition) is 1. The zero-order valence-corrected chi connectivity index (χ0v) is 12.9. The van der Waals surface area contributed by atoms with Crippen LogP contribution in [0, 0.1) is 0 Å². The molecule has 0 spiro atoms. The minimum Gasteiger partial charge on any atom is -0.486 e. The van der Waals surface area contributed by atoms with E-state index in [4.69, 9.17) is 9.47 Å². The fourth-order valence-corrected chi connectivity index (χ4v) is 4.16. The van der Waals surface area contributed by atoms with E-state index in [9.17, 15) is 0 Å². The maximum atomic E-state index is 5.70. The highest BCUT2D eigenvalue weighted by Crippen LogP contribution is 2.35. The Bertz CT molecular complexity index is 469. The lowest BCUT2D eigenvalue weighted by molar-refractivity contribution is 0.170. The van der Waals surface area contributed by atoms with Crippen molar-refractivity contribution >= 4 is 11.8 Å². The van der Waals surface area contributed by atoms with Crippen molar-refractivity contribution < 1.29 is 9.47 Å². The molecule has 2 aliphatic heterocycles. The smallest absolute Gasteiger partial charge is 0.161 e.